The second kappa shape index (κ2) is 6.39. The van der Waals surface area contributed by atoms with Gasteiger partial charge >= 0.3 is 5.92 Å². The summed E-state index contributed by atoms with van der Waals surface area (Å²) in [6.45, 7) is 3.66. The predicted molar refractivity (Wildman–Crippen MR) is 65.6 cm³/mol. The van der Waals surface area contributed by atoms with Crippen molar-refractivity contribution in [3.05, 3.63) is 0 Å². The summed E-state index contributed by atoms with van der Waals surface area (Å²) >= 11 is 0. The highest BCUT2D eigenvalue weighted by Gasteiger charge is 2.38. The third-order valence-electron chi connectivity index (χ3n) is 3.97. The Balaban J connectivity index is 2.39. The van der Waals surface area contributed by atoms with Crippen LogP contribution in [0.1, 0.15) is 58.8 Å². The van der Waals surface area contributed by atoms with Gasteiger partial charge in [-0.2, -0.15) is 8.78 Å². The van der Waals surface area contributed by atoms with E-state index in [9.17, 15) is 18.4 Å². The Bertz CT molecular complexity index is 313. The number of halogens is 2. The summed E-state index contributed by atoms with van der Waals surface area (Å²) in [5.41, 5.74) is 0. The Labute approximate surface area is 107 Å². The van der Waals surface area contributed by atoms with E-state index in [0.29, 0.717) is 25.7 Å². The molecule has 2 nitrogen and oxygen atoms in total. The van der Waals surface area contributed by atoms with Crippen LogP contribution in [0.15, 0.2) is 0 Å². The van der Waals surface area contributed by atoms with E-state index in [4.69, 9.17) is 0 Å². The summed E-state index contributed by atoms with van der Waals surface area (Å²) in [7, 11) is 0. The molecule has 1 fully saturated rings. The van der Waals surface area contributed by atoms with Gasteiger partial charge in [0.15, 0.2) is 0 Å². The van der Waals surface area contributed by atoms with Gasteiger partial charge in [-0.15, -0.1) is 0 Å². The van der Waals surface area contributed by atoms with Crippen molar-refractivity contribution in [1.29, 1.82) is 0 Å². The number of Topliss-reactive ketones (excluding diaryl/α,β-unsaturated/α-hetero) is 2. The van der Waals surface area contributed by atoms with Gasteiger partial charge in [-0.3, -0.25) is 9.59 Å². The van der Waals surface area contributed by atoms with Crippen molar-refractivity contribution in [1.82, 2.24) is 0 Å². The zero-order valence-electron chi connectivity index (χ0n) is 11.2. The van der Waals surface area contributed by atoms with Crippen LogP contribution in [0.25, 0.3) is 0 Å². The monoisotopic (exact) mass is 260 g/mol. The van der Waals surface area contributed by atoms with Crippen LogP contribution in [0.5, 0.6) is 0 Å². The molecule has 1 unspecified atom stereocenters. The lowest BCUT2D eigenvalue weighted by Crippen LogP contribution is -2.29. The third-order valence-corrected chi connectivity index (χ3v) is 3.97. The maximum atomic E-state index is 13.4. The van der Waals surface area contributed by atoms with Gasteiger partial charge in [-0.1, -0.05) is 20.3 Å². The smallest absolute Gasteiger partial charge is 0.299 e. The average molecular weight is 260 g/mol. The normalized spacial score (nSPS) is 24.6. The van der Waals surface area contributed by atoms with Gasteiger partial charge in [0.25, 0.3) is 0 Å². The molecule has 0 amide bonds. The molecule has 0 bridgehead atoms. The number of alkyl halides is 2. The number of hydrogen-bond acceptors (Lipinski definition) is 2. The van der Waals surface area contributed by atoms with Gasteiger partial charge in [0, 0.05) is 25.2 Å². The molecule has 0 radical (unpaired) electrons. The molecular weight excluding hydrogens is 238 g/mol. The highest BCUT2D eigenvalue weighted by molar-refractivity contribution is 5.86. The molecule has 0 aromatic rings. The number of rotatable bonds is 7. The Morgan fingerprint density at radius 2 is 2.11 bits per heavy atom. The molecule has 1 aliphatic carbocycles. The van der Waals surface area contributed by atoms with Crippen LogP contribution in [0.2, 0.25) is 0 Å². The first-order chi connectivity index (χ1) is 8.38. The summed E-state index contributed by atoms with van der Waals surface area (Å²) in [5.74, 6) is -3.89. The molecule has 2 atom stereocenters. The molecule has 1 rings (SSSR count). The van der Waals surface area contributed by atoms with Crippen molar-refractivity contribution < 1.29 is 18.4 Å². The fourth-order valence-corrected chi connectivity index (χ4v) is 2.50. The molecule has 1 aliphatic rings. The number of carbonyl (C=O) groups excluding carboxylic acids is 2. The van der Waals surface area contributed by atoms with Crippen LogP contribution in [-0.2, 0) is 9.59 Å². The first-order valence-electron chi connectivity index (χ1n) is 6.82. The highest BCUT2D eigenvalue weighted by Crippen LogP contribution is 2.33. The third kappa shape index (κ3) is 3.85. The minimum atomic E-state index is -3.18. The zero-order chi connectivity index (χ0) is 13.8. The largest absolute Gasteiger partial charge is 0.305 e. The van der Waals surface area contributed by atoms with Crippen LogP contribution < -0.4 is 0 Å². The molecule has 0 aliphatic heterocycles. The standard InChI is InChI=1S/C14H22F2O2/c1-3-4-9-14(15,16)13(18)8-6-11-5-7-12(17)10(11)2/h10-11H,3-9H2,1-2H3/t10?,11-/m1/s1. The van der Waals surface area contributed by atoms with Crippen molar-refractivity contribution in [3.63, 3.8) is 0 Å². The molecule has 1 saturated carbocycles. The van der Waals surface area contributed by atoms with Crippen LogP contribution in [0, 0.1) is 11.8 Å². The van der Waals surface area contributed by atoms with Gasteiger partial charge in [0.2, 0.25) is 5.78 Å². The zero-order valence-corrected chi connectivity index (χ0v) is 11.2. The Hall–Kier alpha value is -0.800. The molecule has 4 heteroatoms. The second-order valence-electron chi connectivity index (χ2n) is 5.32. The minimum Gasteiger partial charge on any atom is -0.299 e. The van der Waals surface area contributed by atoms with Crippen LogP contribution >= 0.6 is 0 Å². The van der Waals surface area contributed by atoms with E-state index >= 15 is 0 Å². The topological polar surface area (TPSA) is 34.1 Å². The van der Waals surface area contributed by atoms with E-state index in [2.05, 4.69) is 0 Å². The van der Waals surface area contributed by atoms with Crippen LogP contribution in [-0.4, -0.2) is 17.5 Å². The van der Waals surface area contributed by atoms with E-state index in [-0.39, 0.29) is 30.5 Å². The first kappa shape index (κ1) is 15.3. The molecule has 0 saturated heterocycles. The molecule has 0 spiro atoms. The highest BCUT2D eigenvalue weighted by atomic mass is 19.3. The summed E-state index contributed by atoms with van der Waals surface area (Å²) in [4.78, 5) is 22.8. The Kier molecular flexibility index (Phi) is 5.42. The molecule has 0 aromatic heterocycles. The number of hydrogen-bond donors (Lipinski definition) is 0. The minimum absolute atomic E-state index is 0.0675. The maximum Gasteiger partial charge on any atom is 0.305 e. The van der Waals surface area contributed by atoms with Crippen molar-refractivity contribution >= 4 is 11.6 Å². The van der Waals surface area contributed by atoms with Gasteiger partial charge < -0.3 is 0 Å². The first-order valence-corrected chi connectivity index (χ1v) is 6.82. The van der Waals surface area contributed by atoms with E-state index < -0.39 is 11.7 Å². The van der Waals surface area contributed by atoms with Crippen molar-refractivity contribution in [2.45, 2.75) is 64.7 Å². The lowest BCUT2D eigenvalue weighted by atomic mass is 9.90. The van der Waals surface area contributed by atoms with Crippen molar-refractivity contribution in [3.8, 4) is 0 Å². The second-order valence-corrected chi connectivity index (χ2v) is 5.32. The summed E-state index contributed by atoms with van der Waals surface area (Å²) in [6, 6.07) is 0. The molecule has 0 aromatic carbocycles. The van der Waals surface area contributed by atoms with E-state index in [1.807, 2.05) is 13.8 Å². The van der Waals surface area contributed by atoms with Crippen LogP contribution in [0.3, 0.4) is 0 Å². The lowest BCUT2D eigenvalue weighted by molar-refractivity contribution is -0.144. The Morgan fingerprint density at radius 3 is 2.61 bits per heavy atom. The summed E-state index contributed by atoms with van der Waals surface area (Å²) in [6.07, 6.45) is 2.29. The lowest BCUT2D eigenvalue weighted by Gasteiger charge is -2.17. The predicted octanol–water partition coefficient (Wildman–Crippen LogP) is 3.78. The number of unbranched alkanes of at least 4 members (excludes halogenated alkanes) is 1. The Morgan fingerprint density at radius 1 is 1.44 bits per heavy atom. The fourth-order valence-electron chi connectivity index (χ4n) is 2.50. The molecular formula is C14H22F2O2. The van der Waals surface area contributed by atoms with Gasteiger partial charge in [-0.05, 0) is 25.2 Å². The number of ketones is 2. The van der Waals surface area contributed by atoms with Gasteiger partial charge in [0.1, 0.15) is 5.78 Å². The molecule has 0 N–H and O–H groups in total. The summed E-state index contributed by atoms with van der Waals surface area (Å²) in [5, 5.41) is 0. The quantitative estimate of drug-likeness (QED) is 0.698. The van der Waals surface area contributed by atoms with Crippen molar-refractivity contribution in [2.75, 3.05) is 0 Å². The maximum absolute atomic E-state index is 13.4. The molecule has 0 heterocycles. The van der Waals surface area contributed by atoms with E-state index in [0.717, 1.165) is 6.42 Å². The molecule has 104 valence electrons. The SMILES string of the molecule is CCCCC(F)(F)C(=O)CC[C@H]1CCC(=O)C1C. The van der Waals surface area contributed by atoms with Gasteiger partial charge in [-0.25, -0.2) is 0 Å². The van der Waals surface area contributed by atoms with Crippen LogP contribution in [0.4, 0.5) is 8.78 Å². The average Bonchev–Trinajstić information content (AvgIpc) is 2.64. The molecule has 18 heavy (non-hydrogen) atoms. The summed E-state index contributed by atoms with van der Waals surface area (Å²) < 4.78 is 26.9. The van der Waals surface area contributed by atoms with Crippen molar-refractivity contribution in [2.24, 2.45) is 11.8 Å². The number of carbonyl (C=O) groups is 2. The fraction of sp³-hybridized carbons (Fsp3) is 0.857. The van der Waals surface area contributed by atoms with Gasteiger partial charge in [0.05, 0.1) is 0 Å². The van der Waals surface area contributed by atoms with E-state index in [1.54, 1.807) is 0 Å². The van der Waals surface area contributed by atoms with E-state index in [1.165, 1.54) is 0 Å².